The van der Waals surface area contributed by atoms with Gasteiger partial charge in [-0.3, -0.25) is 4.98 Å². The number of H-pyrrole nitrogens is 1. The highest BCUT2D eigenvalue weighted by molar-refractivity contribution is 5.82. The third kappa shape index (κ3) is 2.69. The van der Waals surface area contributed by atoms with E-state index in [4.69, 9.17) is 24.2 Å². The molecule has 0 radical (unpaired) electrons. The van der Waals surface area contributed by atoms with Gasteiger partial charge in [-0.2, -0.15) is 4.89 Å². The molecular formula is C21H14N4O4. The minimum absolute atomic E-state index is 0.226. The van der Waals surface area contributed by atoms with Crippen LogP contribution in [0.1, 0.15) is 5.56 Å². The Morgan fingerprint density at radius 1 is 0.897 bits per heavy atom. The third-order valence-electron chi connectivity index (χ3n) is 4.87. The maximum absolute atomic E-state index is 5.55. The predicted octanol–water partition coefficient (Wildman–Crippen LogP) is 3.75. The average molecular weight is 386 g/mol. The second kappa shape index (κ2) is 6.32. The summed E-state index contributed by atoms with van der Waals surface area (Å²) in [5.74, 6) is 2.80. The highest BCUT2D eigenvalue weighted by atomic mass is 17.2. The number of aromatic amines is 1. The van der Waals surface area contributed by atoms with E-state index in [0.717, 1.165) is 39.6 Å². The van der Waals surface area contributed by atoms with E-state index in [1.165, 1.54) is 0 Å². The van der Waals surface area contributed by atoms with Crippen LogP contribution in [0, 0.1) is 0 Å². The Morgan fingerprint density at radius 3 is 2.72 bits per heavy atom. The van der Waals surface area contributed by atoms with Gasteiger partial charge in [-0.25, -0.2) is 9.97 Å². The summed E-state index contributed by atoms with van der Waals surface area (Å²) in [5.41, 5.74) is 5.15. The van der Waals surface area contributed by atoms with Crippen molar-refractivity contribution in [2.24, 2.45) is 0 Å². The van der Waals surface area contributed by atoms with Crippen molar-refractivity contribution in [1.29, 1.82) is 0 Å². The van der Waals surface area contributed by atoms with Gasteiger partial charge in [0.2, 0.25) is 6.79 Å². The van der Waals surface area contributed by atoms with Crippen molar-refractivity contribution in [3.63, 3.8) is 0 Å². The number of nitrogens with zero attached hydrogens (tertiary/aromatic N) is 3. The summed E-state index contributed by atoms with van der Waals surface area (Å²) in [5, 5.41) is 0. The zero-order valence-electron chi connectivity index (χ0n) is 15.1. The molecule has 0 saturated heterocycles. The van der Waals surface area contributed by atoms with E-state index >= 15 is 0 Å². The molecule has 0 amide bonds. The lowest BCUT2D eigenvalue weighted by atomic mass is 10.0. The molecule has 0 aliphatic carbocycles. The normalized spacial score (nSPS) is 13.9. The van der Waals surface area contributed by atoms with E-state index in [1.807, 2.05) is 36.4 Å². The van der Waals surface area contributed by atoms with E-state index in [0.29, 0.717) is 23.9 Å². The molecular weight excluding hydrogens is 372 g/mol. The van der Waals surface area contributed by atoms with Gasteiger partial charge in [-0.15, -0.1) is 0 Å². The van der Waals surface area contributed by atoms with Crippen molar-refractivity contribution in [2.75, 3.05) is 6.79 Å². The fourth-order valence-corrected chi connectivity index (χ4v) is 3.46. The smallest absolute Gasteiger partial charge is 0.231 e. The number of ether oxygens (including phenoxy) is 2. The molecule has 2 aliphatic heterocycles. The number of rotatable bonds is 3. The number of fused-ring (bicyclic) bond motifs is 2. The van der Waals surface area contributed by atoms with Gasteiger partial charge in [0, 0.05) is 29.1 Å². The number of hydrogen-bond donors (Lipinski definition) is 1. The first-order valence-electron chi connectivity index (χ1n) is 9.04. The van der Waals surface area contributed by atoms with Crippen LogP contribution in [0.2, 0.25) is 0 Å². The molecule has 0 atom stereocenters. The minimum atomic E-state index is 0.226. The number of nitrogens with one attached hydrogen (secondary N) is 1. The monoisotopic (exact) mass is 386 g/mol. The molecule has 4 heterocycles. The quantitative estimate of drug-likeness (QED) is 0.536. The lowest BCUT2D eigenvalue weighted by Gasteiger charge is -2.05. The lowest BCUT2D eigenvalue weighted by Crippen LogP contribution is -1.92. The summed E-state index contributed by atoms with van der Waals surface area (Å²) in [4.78, 5) is 27.0. The van der Waals surface area contributed by atoms with Gasteiger partial charge in [-0.05, 0) is 36.4 Å². The molecule has 142 valence electrons. The molecule has 8 heteroatoms. The standard InChI is InChI=1S/C21H14N4O4/c1-3-16-14(10-28-29-16)7-12(1)19-20(13-2-4-17-18(8-13)27-11-26-17)25-21(24-19)15-9-22-5-6-23-15/h1-9H,10-11H2,(H,24,25). The molecule has 0 fully saturated rings. The number of hydrogen-bond acceptors (Lipinski definition) is 7. The molecule has 0 saturated carbocycles. The van der Waals surface area contributed by atoms with E-state index in [2.05, 4.69) is 15.0 Å². The maximum atomic E-state index is 5.55. The van der Waals surface area contributed by atoms with Crippen molar-refractivity contribution in [2.45, 2.75) is 6.61 Å². The molecule has 0 spiro atoms. The van der Waals surface area contributed by atoms with Gasteiger partial charge in [0.1, 0.15) is 12.3 Å². The second-order valence-electron chi connectivity index (χ2n) is 6.64. The van der Waals surface area contributed by atoms with Crippen LogP contribution in [-0.4, -0.2) is 26.7 Å². The highest BCUT2D eigenvalue weighted by Crippen LogP contribution is 2.40. The molecule has 2 aromatic carbocycles. The van der Waals surface area contributed by atoms with Crippen LogP contribution in [-0.2, 0) is 11.5 Å². The maximum Gasteiger partial charge on any atom is 0.231 e. The minimum Gasteiger partial charge on any atom is -0.454 e. The molecule has 29 heavy (non-hydrogen) atoms. The van der Waals surface area contributed by atoms with Gasteiger partial charge in [0.05, 0.1) is 17.6 Å². The zero-order chi connectivity index (χ0) is 19.2. The summed E-state index contributed by atoms with van der Waals surface area (Å²) >= 11 is 0. The summed E-state index contributed by atoms with van der Waals surface area (Å²) in [7, 11) is 0. The van der Waals surface area contributed by atoms with Gasteiger partial charge in [0.25, 0.3) is 0 Å². The largest absolute Gasteiger partial charge is 0.454 e. The first-order chi connectivity index (χ1) is 14.3. The van der Waals surface area contributed by atoms with Crippen LogP contribution in [0.25, 0.3) is 34.0 Å². The van der Waals surface area contributed by atoms with Crippen LogP contribution >= 0.6 is 0 Å². The molecule has 0 unspecified atom stereocenters. The average Bonchev–Trinajstić information content (AvgIpc) is 3.52. The Bertz CT molecular complexity index is 1150. The van der Waals surface area contributed by atoms with E-state index in [9.17, 15) is 0 Å². The number of benzene rings is 2. The topological polar surface area (TPSA) is 91.4 Å². The van der Waals surface area contributed by atoms with Crippen molar-refractivity contribution in [1.82, 2.24) is 19.9 Å². The zero-order valence-corrected chi connectivity index (χ0v) is 15.1. The molecule has 1 N–H and O–H groups in total. The molecule has 2 aromatic heterocycles. The number of aromatic nitrogens is 4. The first-order valence-corrected chi connectivity index (χ1v) is 9.04. The Kier molecular flexibility index (Phi) is 3.50. The molecule has 2 aliphatic rings. The summed E-state index contributed by atoms with van der Waals surface area (Å²) in [6, 6.07) is 11.7. The SMILES string of the molecule is c1cnc(-c2nc(-c3ccc4c(c3)COO4)c(-c3ccc4c(c3)OCO4)[nH]2)cn1. The summed E-state index contributed by atoms with van der Waals surface area (Å²) < 4.78 is 11.0. The first kappa shape index (κ1) is 16.1. The van der Waals surface area contributed by atoms with Crippen molar-refractivity contribution in [3.8, 4) is 51.3 Å². The Morgan fingerprint density at radius 2 is 1.79 bits per heavy atom. The fraction of sp³-hybridized carbons (Fsp3) is 0.0952. The van der Waals surface area contributed by atoms with Crippen molar-refractivity contribution in [3.05, 3.63) is 60.6 Å². The molecule has 4 aromatic rings. The summed E-state index contributed by atoms with van der Waals surface area (Å²) in [6.45, 7) is 0.633. The van der Waals surface area contributed by atoms with Gasteiger partial charge in [-0.1, -0.05) is 0 Å². The molecule has 0 bridgehead atoms. The summed E-state index contributed by atoms with van der Waals surface area (Å²) in [6.07, 6.45) is 4.95. The molecule has 6 rings (SSSR count). The highest BCUT2D eigenvalue weighted by Gasteiger charge is 2.22. The van der Waals surface area contributed by atoms with E-state index in [1.54, 1.807) is 18.6 Å². The Labute approximate surface area is 165 Å². The van der Waals surface area contributed by atoms with E-state index < -0.39 is 0 Å². The Hall–Kier alpha value is -3.91. The van der Waals surface area contributed by atoms with Crippen LogP contribution in [0.4, 0.5) is 0 Å². The van der Waals surface area contributed by atoms with Crippen LogP contribution in [0.5, 0.6) is 17.2 Å². The lowest BCUT2D eigenvalue weighted by molar-refractivity contribution is -0.194. The van der Waals surface area contributed by atoms with Gasteiger partial charge >= 0.3 is 0 Å². The third-order valence-corrected chi connectivity index (χ3v) is 4.87. The van der Waals surface area contributed by atoms with Crippen molar-refractivity contribution < 1.29 is 19.2 Å². The molecule has 8 nitrogen and oxygen atoms in total. The van der Waals surface area contributed by atoms with E-state index in [-0.39, 0.29) is 6.79 Å². The fourth-order valence-electron chi connectivity index (χ4n) is 3.46. The van der Waals surface area contributed by atoms with Crippen molar-refractivity contribution >= 4 is 0 Å². The van der Waals surface area contributed by atoms with Crippen LogP contribution in [0.3, 0.4) is 0 Å². The predicted molar refractivity (Wildman–Crippen MR) is 102 cm³/mol. The number of imidazole rings is 1. The van der Waals surface area contributed by atoms with Gasteiger partial charge in [0.15, 0.2) is 23.1 Å². The second-order valence-corrected chi connectivity index (χ2v) is 6.64. The van der Waals surface area contributed by atoms with Crippen LogP contribution < -0.4 is 14.4 Å². The van der Waals surface area contributed by atoms with Crippen LogP contribution in [0.15, 0.2) is 55.0 Å². The van der Waals surface area contributed by atoms with Gasteiger partial charge < -0.3 is 19.3 Å². The Balaban J connectivity index is 1.53.